The minimum Gasteiger partial charge on any atom is -0.342 e. The molecule has 1 aromatic heterocycles. The fourth-order valence-corrected chi connectivity index (χ4v) is 5.06. The van der Waals surface area contributed by atoms with Crippen molar-refractivity contribution < 1.29 is 4.79 Å². The van der Waals surface area contributed by atoms with Crippen LogP contribution in [0.4, 0.5) is 5.69 Å². The molecule has 34 heavy (non-hydrogen) atoms. The van der Waals surface area contributed by atoms with Gasteiger partial charge in [-0.05, 0) is 72.6 Å². The number of hydrogen-bond acceptors (Lipinski definition) is 4. The molecule has 0 unspecified atom stereocenters. The molecule has 1 saturated heterocycles. The number of benzene rings is 3. The van der Waals surface area contributed by atoms with Gasteiger partial charge in [-0.1, -0.05) is 42.5 Å². The number of amidine groups is 1. The van der Waals surface area contributed by atoms with E-state index in [1.54, 1.807) is 0 Å². The van der Waals surface area contributed by atoms with Gasteiger partial charge in [0.25, 0.3) is 5.91 Å². The quantitative estimate of drug-likeness (QED) is 0.374. The van der Waals surface area contributed by atoms with Crippen LogP contribution < -0.4 is 5.32 Å². The van der Waals surface area contributed by atoms with Crippen LogP contribution in [-0.2, 0) is 11.3 Å². The van der Waals surface area contributed by atoms with E-state index in [0.29, 0.717) is 22.2 Å². The largest absolute Gasteiger partial charge is 0.342 e. The number of aromatic nitrogens is 1. The molecule has 0 atom stereocenters. The number of fused-ring (bicyclic) bond motifs is 1. The zero-order chi connectivity index (χ0) is 23.7. The second-order valence-corrected chi connectivity index (χ2v) is 9.36. The standard InChI is InChI=1S/C28H22N4OS/c1-18-11-19(2)13-23(12-18)30-28-31-27(33)26(34-28)14-22-17-32(25-10-6-5-9-24(22)25)16-21-8-4-3-7-20(21)15-29/h3-14,17H,16H2,1-2H3,(H,30,31,33)/b26-14-. The Bertz CT molecular complexity index is 1520. The normalized spacial score (nSPS) is 15.7. The summed E-state index contributed by atoms with van der Waals surface area (Å²) in [5.41, 5.74) is 6.73. The van der Waals surface area contributed by atoms with E-state index in [1.165, 1.54) is 11.8 Å². The molecule has 5 nitrogen and oxygen atoms in total. The maximum absolute atomic E-state index is 12.7. The van der Waals surface area contributed by atoms with Crippen LogP contribution in [0.3, 0.4) is 0 Å². The first kappa shape index (κ1) is 21.7. The lowest BCUT2D eigenvalue weighted by Gasteiger charge is -2.07. The Morgan fingerprint density at radius 3 is 2.59 bits per heavy atom. The van der Waals surface area contributed by atoms with E-state index in [2.05, 4.69) is 39.1 Å². The van der Waals surface area contributed by atoms with Gasteiger partial charge in [0.15, 0.2) is 5.17 Å². The summed E-state index contributed by atoms with van der Waals surface area (Å²) in [5, 5.41) is 14.0. The minimum atomic E-state index is -0.153. The van der Waals surface area contributed by atoms with Gasteiger partial charge in [-0.25, -0.2) is 4.99 Å². The van der Waals surface area contributed by atoms with Crippen molar-refractivity contribution in [3.8, 4) is 6.07 Å². The molecule has 0 radical (unpaired) electrons. The number of nitrogens with zero attached hydrogens (tertiary/aromatic N) is 3. The Kier molecular flexibility index (Phi) is 5.79. The van der Waals surface area contributed by atoms with Crippen LogP contribution >= 0.6 is 11.8 Å². The lowest BCUT2D eigenvalue weighted by atomic mass is 10.1. The van der Waals surface area contributed by atoms with E-state index in [1.807, 2.05) is 74.7 Å². The van der Waals surface area contributed by atoms with Gasteiger partial charge in [0, 0.05) is 29.2 Å². The Balaban J connectivity index is 1.49. The fraction of sp³-hybridized carbons (Fsp3) is 0.107. The van der Waals surface area contributed by atoms with Crippen LogP contribution in [0.15, 0.2) is 82.8 Å². The SMILES string of the molecule is Cc1cc(C)cc(N=C2NC(=O)/C(=C/c3cn(Cc4ccccc4C#N)c4ccccc34)S2)c1. The average Bonchev–Trinajstić information content (AvgIpc) is 3.33. The summed E-state index contributed by atoms with van der Waals surface area (Å²) in [5.74, 6) is -0.153. The first-order valence-electron chi connectivity index (χ1n) is 10.9. The molecule has 1 aliphatic heterocycles. The molecule has 0 saturated carbocycles. The second-order valence-electron chi connectivity index (χ2n) is 8.33. The number of carbonyl (C=O) groups is 1. The van der Waals surface area contributed by atoms with E-state index < -0.39 is 0 Å². The van der Waals surface area contributed by atoms with Crippen molar-refractivity contribution in [1.82, 2.24) is 9.88 Å². The first-order valence-corrected chi connectivity index (χ1v) is 11.8. The predicted octanol–water partition coefficient (Wildman–Crippen LogP) is 6.07. The summed E-state index contributed by atoms with van der Waals surface area (Å²) in [6.07, 6.45) is 3.96. The average molecular weight is 463 g/mol. The Labute approximate surface area is 202 Å². The molecule has 2 heterocycles. The molecular formula is C28H22N4OS. The number of carbonyl (C=O) groups excluding carboxylic acids is 1. The highest BCUT2D eigenvalue weighted by Crippen LogP contribution is 2.31. The predicted molar refractivity (Wildman–Crippen MR) is 139 cm³/mol. The number of nitriles is 1. The molecule has 6 heteroatoms. The highest BCUT2D eigenvalue weighted by Gasteiger charge is 2.24. The van der Waals surface area contributed by atoms with Crippen LogP contribution in [0.5, 0.6) is 0 Å². The maximum Gasteiger partial charge on any atom is 0.264 e. The molecule has 3 aromatic carbocycles. The van der Waals surface area contributed by atoms with Gasteiger partial charge >= 0.3 is 0 Å². The Hall–Kier alpha value is -4.08. The maximum atomic E-state index is 12.7. The van der Waals surface area contributed by atoms with Gasteiger partial charge in [-0.2, -0.15) is 5.26 Å². The summed E-state index contributed by atoms with van der Waals surface area (Å²) in [7, 11) is 0. The Morgan fingerprint density at radius 2 is 1.79 bits per heavy atom. The van der Waals surface area contributed by atoms with Crippen molar-refractivity contribution in [2.45, 2.75) is 20.4 Å². The zero-order valence-corrected chi connectivity index (χ0v) is 19.7. The monoisotopic (exact) mass is 462 g/mol. The molecule has 0 aliphatic carbocycles. The minimum absolute atomic E-state index is 0.153. The summed E-state index contributed by atoms with van der Waals surface area (Å²) in [6, 6.07) is 24.1. The number of para-hydroxylation sites is 1. The molecule has 5 rings (SSSR count). The Morgan fingerprint density at radius 1 is 1.06 bits per heavy atom. The molecule has 1 fully saturated rings. The van der Waals surface area contributed by atoms with E-state index in [0.717, 1.165) is 38.8 Å². The first-order chi connectivity index (χ1) is 16.5. The molecule has 1 N–H and O–H groups in total. The summed E-state index contributed by atoms with van der Waals surface area (Å²) >= 11 is 1.35. The number of aryl methyl sites for hydroxylation is 2. The molecule has 1 amide bonds. The molecular weight excluding hydrogens is 440 g/mol. The summed E-state index contributed by atoms with van der Waals surface area (Å²) in [6.45, 7) is 4.65. The van der Waals surface area contributed by atoms with Crippen LogP contribution in [0.1, 0.15) is 27.8 Å². The number of amides is 1. The van der Waals surface area contributed by atoms with Crippen molar-refractivity contribution in [3.05, 3.63) is 106 Å². The van der Waals surface area contributed by atoms with Gasteiger partial charge in [-0.15, -0.1) is 0 Å². The summed E-state index contributed by atoms with van der Waals surface area (Å²) < 4.78 is 2.12. The van der Waals surface area contributed by atoms with Crippen molar-refractivity contribution in [3.63, 3.8) is 0 Å². The highest BCUT2D eigenvalue weighted by atomic mass is 32.2. The van der Waals surface area contributed by atoms with Crippen molar-refractivity contribution >= 4 is 45.5 Å². The third-order valence-corrected chi connectivity index (χ3v) is 6.58. The molecule has 4 aromatic rings. The number of thioether (sulfide) groups is 1. The summed E-state index contributed by atoms with van der Waals surface area (Å²) in [4.78, 5) is 17.9. The number of hydrogen-bond donors (Lipinski definition) is 1. The third kappa shape index (κ3) is 4.39. The molecule has 0 spiro atoms. The molecule has 166 valence electrons. The van der Waals surface area contributed by atoms with E-state index >= 15 is 0 Å². The van der Waals surface area contributed by atoms with Gasteiger partial charge < -0.3 is 9.88 Å². The molecule has 0 bridgehead atoms. The number of rotatable bonds is 4. The van der Waals surface area contributed by atoms with Crippen LogP contribution in [0, 0.1) is 25.2 Å². The van der Waals surface area contributed by atoms with E-state index in [-0.39, 0.29) is 5.91 Å². The van der Waals surface area contributed by atoms with Gasteiger partial charge in [0.05, 0.1) is 22.2 Å². The van der Waals surface area contributed by atoms with Crippen molar-refractivity contribution in [2.24, 2.45) is 4.99 Å². The lowest BCUT2D eigenvalue weighted by Crippen LogP contribution is -2.19. The van der Waals surface area contributed by atoms with E-state index in [9.17, 15) is 10.1 Å². The van der Waals surface area contributed by atoms with Crippen molar-refractivity contribution in [1.29, 1.82) is 5.26 Å². The van der Waals surface area contributed by atoms with Crippen LogP contribution in [-0.4, -0.2) is 15.6 Å². The fourth-order valence-electron chi connectivity index (χ4n) is 4.23. The number of nitrogens with one attached hydrogen (secondary N) is 1. The van der Waals surface area contributed by atoms with Gasteiger partial charge in [-0.3, -0.25) is 4.79 Å². The topological polar surface area (TPSA) is 70.2 Å². The smallest absolute Gasteiger partial charge is 0.264 e. The van der Waals surface area contributed by atoms with Gasteiger partial charge in [0.1, 0.15) is 0 Å². The zero-order valence-electron chi connectivity index (χ0n) is 18.9. The van der Waals surface area contributed by atoms with Crippen LogP contribution in [0.25, 0.3) is 17.0 Å². The third-order valence-electron chi connectivity index (χ3n) is 5.67. The van der Waals surface area contributed by atoms with Crippen molar-refractivity contribution in [2.75, 3.05) is 0 Å². The number of aliphatic imine (C=N–C) groups is 1. The lowest BCUT2D eigenvalue weighted by molar-refractivity contribution is -0.115. The van der Waals surface area contributed by atoms with Gasteiger partial charge in [0.2, 0.25) is 0 Å². The molecule has 1 aliphatic rings. The van der Waals surface area contributed by atoms with Crippen LogP contribution in [0.2, 0.25) is 0 Å². The van der Waals surface area contributed by atoms with E-state index in [4.69, 9.17) is 0 Å². The highest BCUT2D eigenvalue weighted by molar-refractivity contribution is 8.18. The second kappa shape index (κ2) is 9.05.